The van der Waals surface area contributed by atoms with Crippen LogP contribution in [-0.4, -0.2) is 50.7 Å². The highest BCUT2D eigenvalue weighted by molar-refractivity contribution is 5.44. The molecule has 9 bridgehead atoms. The summed E-state index contributed by atoms with van der Waals surface area (Å²) in [7, 11) is 0. The number of hydrogen-bond donors (Lipinski definition) is 3. The lowest BCUT2D eigenvalue weighted by atomic mass is 9.39. The molecule has 12 unspecified atom stereocenters. The van der Waals surface area contributed by atoms with Gasteiger partial charge in [-0.1, -0.05) is 19.9 Å². The number of hydrogen-bond acceptors (Lipinski definition) is 4. The molecule has 24 heavy (non-hydrogen) atoms. The molecule has 3 heterocycles. The third-order valence-corrected chi connectivity index (χ3v) is 10.4. The Hall–Kier alpha value is -0.420. The average molecular weight is 329 g/mol. The van der Waals surface area contributed by atoms with Gasteiger partial charge in [0.1, 0.15) is 5.72 Å². The highest BCUT2D eigenvalue weighted by Crippen LogP contribution is 2.88. The molecule has 6 aliphatic carbocycles. The number of piperidine rings is 2. The Balaban J connectivity index is 1.56. The van der Waals surface area contributed by atoms with E-state index in [1.165, 1.54) is 19.3 Å². The molecule has 12 atom stereocenters. The molecule has 0 amide bonds. The predicted octanol–water partition coefficient (Wildman–Crippen LogP) is 1.11. The summed E-state index contributed by atoms with van der Waals surface area (Å²) in [4.78, 5) is 2.41. The van der Waals surface area contributed by atoms with E-state index in [-0.39, 0.29) is 40.2 Å². The van der Waals surface area contributed by atoms with Crippen LogP contribution in [-0.2, 0) is 0 Å². The third kappa shape index (κ3) is 0.903. The van der Waals surface area contributed by atoms with Crippen LogP contribution in [0.4, 0.5) is 0 Å². The molecule has 9 rings (SSSR count). The predicted molar refractivity (Wildman–Crippen MR) is 86.6 cm³/mol. The second-order valence-corrected chi connectivity index (χ2v) is 10.7. The first-order valence-electron chi connectivity index (χ1n) is 9.86. The molecule has 0 aromatic rings. The summed E-state index contributed by atoms with van der Waals surface area (Å²) >= 11 is 0. The van der Waals surface area contributed by atoms with E-state index in [0.29, 0.717) is 18.3 Å². The molecule has 0 aromatic heterocycles. The van der Waals surface area contributed by atoms with E-state index in [9.17, 15) is 15.3 Å². The first-order chi connectivity index (χ1) is 11.3. The van der Waals surface area contributed by atoms with Crippen LogP contribution in [0.15, 0.2) is 12.2 Å². The van der Waals surface area contributed by atoms with Gasteiger partial charge in [0.2, 0.25) is 0 Å². The molecule has 3 saturated heterocycles. The van der Waals surface area contributed by atoms with Crippen molar-refractivity contribution in [1.29, 1.82) is 0 Å². The van der Waals surface area contributed by atoms with Crippen molar-refractivity contribution >= 4 is 0 Å². The Morgan fingerprint density at radius 2 is 2.00 bits per heavy atom. The zero-order valence-electron chi connectivity index (χ0n) is 14.3. The molecule has 2 spiro atoms. The van der Waals surface area contributed by atoms with Crippen LogP contribution in [0.1, 0.15) is 39.0 Å². The smallest absolute Gasteiger partial charge is 0.123 e. The van der Waals surface area contributed by atoms with Crippen molar-refractivity contribution in [3.63, 3.8) is 0 Å². The van der Waals surface area contributed by atoms with Crippen LogP contribution in [0.25, 0.3) is 0 Å². The summed E-state index contributed by atoms with van der Waals surface area (Å²) in [6.45, 7) is 7.54. The summed E-state index contributed by atoms with van der Waals surface area (Å²) in [5, 5.41) is 34.3. The minimum Gasteiger partial charge on any atom is -0.392 e. The van der Waals surface area contributed by atoms with Crippen molar-refractivity contribution in [2.24, 2.45) is 39.9 Å². The molecule has 0 radical (unpaired) electrons. The highest BCUT2D eigenvalue weighted by Gasteiger charge is 2.93. The Labute approximate surface area is 142 Å². The molecule has 0 aromatic carbocycles. The number of rotatable bonds is 0. The lowest BCUT2D eigenvalue weighted by Gasteiger charge is -2.67. The summed E-state index contributed by atoms with van der Waals surface area (Å²) in [5.41, 5.74) is 0.116. The second kappa shape index (κ2) is 3.28. The zero-order chi connectivity index (χ0) is 16.4. The molecule has 4 heteroatoms. The van der Waals surface area contributed by atoms with Crippen LogP contribution >= 0.6 is 0 Å². The van der Waals surface area contributed by atoms with Gasteiger partial charge < -0.3 is 15.3 Å². The van der Waals surface area contributed by atoms with E-state index in [4.69, 9.17) is 0 Å². The quantitative estimate of drug-likeness (QED) is 0.583. The molecular weight excluding hydrogens is 302 g/mol. The molecule has 9 aliphatic rings. The molecule has 4 nitrogen and oxygen atoms in total. The van der Waals surface area contributed by atoms with E-state index < -0.39 is 11.8 Å². The Morgan fingerprint density at radius 1 is 1.21 bits per heavy atom. The molecule has 3 aliphatic heterocycles. The molecule has 6 saturated carbocycles. The number of aliphatic hydroxyl groups excluding tert-OH is 2. The van der Waals surface area contributed by atoms with E-state index in [2.05, 4.69) is 18.4 Å². The third-order valence-electron chi connectivity index (χ3n) is 10.4. The number of aliphatic hydroxyl groups is 3. The van der Waals surface area contributed by atoms with Crippen LogP contribution in [0.3, 0.4) is 0 Å². The summed E-state index contributed by atoms with van der Waals surface area (Å²) in [6, 6.07) is 0.280. The first kappa shape index (κ1) is 13.7. The lowest BCUT2D eigenvalue weighted by molar-refractivity contribution is -0.267. The van der Waals surface area contributed by atoms with Crippen LogP contribution in [0.5, 0.6) is 0 Å². The Kier molecular flexibility index (Phi) is 1.88. The monoisotopic (exact) mass is 329 g/mol. The van der Waals surface area contributed by atoms with Gasteiger partial charge in [0, 0.05) is 35.8 Å². The largest absolute Gasteiger partial charge is 0.392 e. The van der Waals surface area contributed by atoms with Gasteiger partial charge in [-0.2, -0.15) is 0 Å². The van der Waals surface area contributed by atoms with E-state index in [1.54, 1.807) is 0 Å². The van der Waals surface area contributed by atoms with Gasteiger partial charge in [-0.05, 0) is 48.0 Å². The van der Waals surface area contributed by atoms with E-state index >= 15 is 0 Å². The van der Waals surface area contributed by atoms with E-state index in [0.717, 1.165) is 18.5 Å². The van der Waals surface area contributed by atoms with Crippen LogP contribution in [0, 0.1) is 39.9 Å². The average Bonchev–Trinajstić information content (AvgIpc) is 2.88. The second-order valence-electron chi connectivity index (χ2n) is 10.7. The maximum absolute atomic E-state index is 11.9. The SMILES string of the molecule is C=C1C2CC3C4(CC5(O)C6C7(C)CCCC36C(C4C2O)N5C7)C1O. The molecule has 130 valence electrons. The van der Waals surface area contributed by atoms with Gasteiger partial charge in [0.15, 0.2) is 0 Å². The fourth-order valence-corrected chi connectivity index (χ4v) is 10.5. The minimum atomic E-state index is -0.752. The van der Waals surface area contributed by atoms with Crippen LogP contribution in [0.2, 0.25) is 0 Å². The highest BCUT2D eigenvalue weighted by atomic mass is 16.3. The molecule has 3 N–H and O–H groups in total. The molecule has 9 fully saturated rings. The minimum absolute atomic E-state index is 0.0665. The van der Waals surface area contributed by atoms with Crippen molar-refractivity contribution in [3.05, 3.63) is 12.2 Å². The van der Waals surface area contributed by atoms with Crippen LogP contribution < -0.4 is 0 Å². The molecular formula is C20H27NO3. The number of nitrogens with zero attached hydrogens (tertiary/aromatic N) is 1. The normalized spacial score (nSPS) is 76.1. The fourth-order valence-electron chi connectivity index (χ4n) is 10.5. The van der Waals surface area contributed by atoms with Gasteiger partial charge in [-0.15, -0.1) is 0 Å². The Morgan fingerprint density at radius 3 is 2.79 bits per heavy atom. The fraction of sp³-hybridized carbons (Fsp3) is 0.900. The first-order valence-corrected chi connectivity index (χ1v) is 9.86. The van der Waals surface area contributed by atoms with Gasteiger partial charge in [0.05, 0.1) is 12.2 Å². The van der Waals surface area contributed by atoms with Crippen molar-refractivity contribution < 1.29 is 15.3 Å². The summed E-state index contributed by atoms with van der Waals surface area (Å²) in [5.74, 6) is 1.000. The summed E-state index contributed by atoms with van der Waals surface area (Å²) in [6.07, 6.45) is 4.37. The van der Waals surface area contributed by atoms with Crippen molar-refractivity contribution in [1.82, 2.24) is 4.90 Å². The van der Waals surface area contributed by atoms with Gasteiger partial charge in [-0.3, -0.25) is 4.90 Å². The maximum Gasteiger partial charge on any atom is 0.123 e. The van der Waals surface area contributed by atoms with Crippen molar-refractivity contribution in [2.45, 2.75) is 63.0 Å². The van der Waals surface area contributed by atoms with Gasteiger partial charge >= 0.3 is 0 Å². The number of fused-ring (bicyclic) bond motifs is 1. The van der Waals surface area contributed by atoms with Gasteiger partial charge in [-0.25, -0.2) is 0 Å². The Bertz CT molecular complexity index is 724. The standard InChI is InChI=1S/C20H27NO3/c1-9-10-6-11-18-5-3-4-17(2)8-21-14(18)12(13(10)22)19(11,15(9)23)7-20(21,24)16(17)18/h10-16,22-24H,1,3-8H2,2H3. The topological polar surface area (TPSA) is 63.9 Å². The maximum atomic E-state index is 11.9. The van der Waals surface area contributed by atoms with Gasteiger partial charge in [0.25, 0.3) is 0 Å². The summed E-state index contributed by atoms with van der Waals surface area (Å²) < 4.78 is 0. The van der Waals surface area contributed by atoms with E-state index in [1.807, 2.05) is 0 Å². The van der Waals surface area contributed by atoms with Crippen molar-refractivity contribution in [3.8, 4) is 0 Å². The van der Waals surface area contributed by atoms with Crippen molar-refractivity contribution in [2.75, 3.05) is 6.54 Å². The zero-order valence-corrected chi connectivity index (χ0v) is 14.3. The lowest BCUT2D eigenvalue weighted by Crippen LogP contribution is -2.71.